The summed E-state index contributed by atoms with van der Waals surface area (Å²) in [6.45, 7) is -0.228. The second kappa shape index (κ2) is 9.10. The van der Waals surface area contributed by atoms with E-state index in [1.807, 2.05) is 12.1 Å². The van der Waals surface area contributed by atoms with Crippen molar-refractivity contribution in [2.24, 2.45) is 0 Å². The summed E-state index contributed by atoms with van der Waals surface area (Å²) in [6.07, 6.45) is -0.582. The third-order valence-corrected chi connectivity index (χ3v) is 5.80. The first-order valence-electron chi connectivity index (χ1n) is 9.67. The Balaban J connectivity index is 1.87. The van der Waals surface area contributed by atoms with Crippen LogP contribution >= 0.6 is 23.2 Å². The van der Waals surface area contributed by atoms with E-state index in [2.05, 4.69) is 0 Å². The van der Waals surface area contributed by atoms with Gasteiger partial charge in [-0.1, -0.05) is 77.8 Å². The number of carboxylic acid groups (broad SMARTS) is 1. The Morgan fingerprint density at radius 1 is 0.903 bits per heavy atom. The van der Waals surface area contributed by atoms with Crippen molar-refractivity contribution in [1.82, 2.24) is 4.90 Å². The fourth-order valence-corrected chi connectivity index (χ4v) is 4.17. The zero-order valence-corrected chi connectivity index (χ0v) is 17.8. The number of nitrogens with zero attached hydrogens (tertiary/aromatic N) is 1. The van der Waals surface area contributed by atoms with Crippen molar-refractivity contribution in [1.29, 1.82) is 0 Å². The van der Waals surface area contributed by atoms with Crippen LogP contribution in [0.25, 0.3) is 0 Å². The van der Waals surface area contributed by atoms with Crippen LogP contribution in [0.4, 0.5) is 0 Å². The van der Waals surface area contributed by atoms with E-state index in [-0.39, 0.29) is 6.61 Å². The molecule has 0 aliphatic carbocycles. The summed E-state index contributed by atoms with van der Waals surface area (Å²) in [4.78, 5) is 26.9. The number of carboxylic acids is 1. The highest BCUT2D eigenvalue weighted by atomic mass is 35.5. The molecular formula is C24H19Cl2NO4. The van der Waals surface area contributed by atoms with Crippen molar-refractivity contribution in [2.45, 2.75) is 18.2 Å². The van der Waals surface area contributed by atoms with Crippen LogP contribution in [0, 0.1) is 0 Å². The van der Waals surface area contributed by atoms with Gasteiger partial charge in [-0.05, 0) is 41.0 Å². The number of halogens is 2. The van der Waals surface area contributed by atoms with Gasteiger partial charge in [-0.3, -0.25) is 4.79 Å². The molecule has 4 rings (SSSR count). The molecule has 0 spiro atoms. The molecule has 3 aromatic rings. The molecule has 1 N–H and O–H groups in total. The predicted molar refractivity (Wildman–Crippen MR) is 118 cm³/mol. The van der Waals surface area contributed by atoms with E-state index >= 15 is 0 Å². The van der Waals surface area contributed by atoms with Crippen LogP contribution in [0.15, 0.2) is 78.9 Å². The molecule has 1 saturated heterocycles. The molecule has 7 heteroatoms. The molecule has 1 aliphatic heterocycles. The lowest BCUT2D eigenvalue weighted by molar-refractivity contribution is -0.171. The number of carbonyl (C=O) groups excluding carboxylic acids is 1. The monoisotopic (exact) mass is 455 g/mol. The molecule has 1 amide bonds. The van der Waals surface area contributed by atoms with Crippen molar-refractivity contribution in [3.63, 3.8) is 0 Å². The van der Waals surface area contributed by atoms with Gasteiger partial charge in [0.05, 0.1) is 6.04 Å². The van der Waals surface area contributed by atoms with Gasteiger partial charge in [0.1, 0.15) is 12.7 Å². The van der Waals surface area contributed by atoms with Gasteiger partial charge < -0.3 is 14.7 Å². The van der Waals surface area contributed by atoms with E-state index in [4.69, 9.17) is 27.9 Å². The molecule has 3 aromatic carbocycles. The van der Waals surface area contributed by atoms with Gasteiger partial charge >= 0.3 is 5.97 Å². The Hall–Kier alpha value is -2.86. The Morgan fingerprint density at radius 2 is 1.45 bits per heavy atom. The van der Waals surface area contributed by atoms with E-state index in [1.165, 1.54) is 4.90 Å². The average molecular weight is 456 g/mol. The Bertz CT molecular complexity index is 1070. The quantitative estimate of drug-likeness (QED) is 0.554. The first kappa shape index (κ1) is 21.4. The highest BCUT2D eigenvalue weighted by Crippen LogP contribution is 2.44. The summed E-state index contributed by atoms with van der Waals surface area (Å²) < 4.78 is 5.95. The van der Waals surface area contributed by atoms with Gasteiger partial charge in [0.2, 0.25) is 5.91 Å². The minimum Gasteiger partial charge on any atom is -0.479 e. The number of aliphatic carboxylic acids is 1. The van der Waals surface area contributed by atoms with Crippen molar-refractivity contribution < 1.29 is 19.4 Å². The van der Waals surface area contributed by atoms with Crippen LogP contribution in [-0.4, -0.2) is 28.5 Å². The highest BCUT2D eigenvalue weighted by Gasteiger charge is 2.45. The van der Waals surface area contributed by atoms with Gasteiger partial charge in [-0.15, -0.1) is 0 Å². The maximum Gasteiger partial charge on any atom is 0.331 e. The van der Waals surface area contributed by atoms with Gasteiger partial charge in [0.25, 0.3) is 0 Å². The molecule has 158 valence electrons. The first-order chi connectivity index (χ1) is 15.0. The van der Waals surface area contributed by atoms with Crippen molar-refractivity contribution >= 4 is 35.1 Å². The number of morpholine rings is 1. The van der Waals surface area contributed by atoms with E-state index in [0.29, 0.717) is 15.6 Å². The molecule has 0 bridgehead atoms. The minimum absolute atomic E-state index is 0.228. The molecule has 3 atom stereocenters. The summed E-state index contributed by atoms with van der Waals surface area (Å²) in [5.74, 6) is -1.52. The summed E-state index contributed by atoms with van der Waals surface area (Å²) in [6, 6.07) is 21.0. The van der Waals surface area contributed by atoms with Crippen molar-refractivity contribution in [3.8, 4) is 0 Å². The predicted octanol–water partition coefficient (Wildman–Crippen LogP) is 5.46. The molecule has 0 radical (unpaired) electrons. The lowest BCUT2D eigenvalue weighted by Gasteiger charge is -2.44. The van der Waals surface area contributed by atoms with Crippen molar-refractivity contribution in [3.05, 3.63) is 106 Å². The highest BCUT2D eigenvalue weighted by molar-refractivity contribution is 6.30. The zero-order chi connectivity index (χ0) is 22.0. The maximum atomic E-state index is 13.1. The van der Waals surface area contributed by atoms with Gasteiger partial charge in [0, 0.05) is 10.0 Å². The number of ether oxygens (including phenoxy) is 1. The van der Waals surface area contributed by atoms with Crippen molar-refractivity contribution in [2.75, 3.05) is 6.61 Å². The van der Waals surface area contributed by atoms with E-state index in [1.54, 1.807) is 66.7 Å². The fourth-order valence-electron chi connectivity index (χ4n) is 3.92. The third kappa shape index (κ3) is 4.44. The molecular weight excluding hydrogens is 437 g/mol. The van der Waals surface area contributed by atoms with Crippen LogP contribution in [0.5, 0.6) is 0 Å². The average Bonchev–Trinajstić information content (AvgIpc) is 2.77. The second-order valence-electron chi connectivity index (χ2n) is 7.23. The molecule has 1 fully saturated rings. The molecule has 0 aromatic heterocycles. The lowest BCUT2D eigenvalue weighted by Crippen LogP contribution is -2.49. The topological polar surface area (TPSA) is 66.8 Å². The number of carbonyl (C=O) groups is 2. The van der Waals surface area contributed by atoms with Crippen LogP contribution in [-0.2, 0) is 14.3 Å². The van der Waals surface area contributed by atoms with E-state index in [9.17, 15) is 14.7 Å². The Morgan fingerprint density at radius 3 is 2.00 bits per heavy atom. The largest absolute Gasteiger partial charge is 0.479 e. The van der Waals surface area contributed by atoms with Crippen LogP contribution in [0.2, 0.25) is 10.0 Å². The maximum absolute atomic E-state index is 13.1. The SMILES string of the molecule is O=C(O)[C@H](c1ccccc1)N1C(=O)CO[C@@H](c2ccc(Cl)cc2)[C@H]1c1ccc(Cl)cc1. The number of hydrogen-bond donors (Lipinski definition) is 1. The molecule has 0 saturated carbocycles. The lowest BCUT2D eigenvalue weighted by atomic mass is 9.90. The number of benzene rings is 3. The zero-order valence-electron chi connectivity index (χ0n) is 16.3. The summed E-state index contributed by atoms with van der Waals surface area (Å²) >= 11 is 12.1. The van der Waals surface area contributed by atoms with Crippen LogP contribution in [0.1, 0.15) is 34.9 Å². The van der Waals surface area contributed by atoms with Gasteiger partial charge in [-0.25, -0.2) is 4.79 Å². The third-order valence-electron chi connectivity index (χ3n) is 5.30. The molecule has 0 unspecified atom stereocenters. The Kier molecular flexibility index (Phi) is 6.28. The number of rotatable bonds is 5. The summed E-state index contributed by atoms with van der Waals surface area (Å²) in [5, 5.41) is 11.2. The van der Waals surface area contributed by atoms with Gasteiger partial charge in [0.15, 0.2) is 6.04 Å². The minimum atomic E-state index is -1.17. The first-order valence-corrected chi connectivity index (χ1v) is 10.4. The summed E-state index contributed by atoms with van der Waals surface area (Å²) in [5.41, 5.74) is 2.03. The number of hydrogen-bond acceptors (Lipinski definition) is 3. The van der Waals surface area contributed by atoms with Crippen LogP contribution < -0.4 is 0 Å². The molecule has 1 aliphatic rings. The van der Waals surface area contributed by atoms with Gasteiger partial charge in [-0.2, -0.15) is 0 Å². The molecule has 1 heterocycles. The molecule has 5 nitrogen and oxygen atoms in total. The van der Waals surface area contributed by atoms with E-state index in [0.717, 1.165) is 11.1 Å². The summed E-state index contributed by atoms with van der Waals surface area (Å²) in [7, 11) is 0. The second-order valence-corrected chi connectivity index (χ2v) is 8.10. The standard InChI is InChI=1S/C24H19Cl2NO4/c25-18-10-6-16(7-11-18)21-23(17-8-12-19(26)13-9-17)31-14-20(28)27(21)22(24(29)30)15-4-2-1-3-5-15/h1-13,21-23H,14H2,(H,29,30)/t21-,22+,23+/m1/s1. The Labute approximate surface area is 189 Å². The molecule has 31 heavy (non-hydrogen) atoms. The van der Waals surface area contributed by atoms with E-state index < -0.39 is 30.1 Å². The van der Waals surface area contributed by atoms with Crippen LogP contribution in [0.3, 0.4) is 0 Å². The fraction of sp³-hybridized carbons (Fsp3) is 0.167. The smallest absolute Gasteiger partial charge is 0.331 e. The number of amides is 1. The normalized spacial score (nSPS) is 19.8.